The number of alkyl halides is 1. The molecule has 0 aromatic carbocycles. The number of hydrogen-bond acceptors (Lipinski definition) is 1. The normalized spacial score (nSPS) is 12.4. The highest BCUT2D eigenvalue weighted by Gasteiger charge is 2.33. The van der Waals surface area contributed by atoms with E-state index in [1.54, 1.807) is 0 Å². The van der Waals surface area contributed by atoms with Crippen molar-refractivity contribution in [2.75, 3.05) is 4.05 Å². The van der Waals surface area contributed by atoms with E-state index in [-0.39, 0.29) is 0 Å². The molecule has 0 fully saturated rings. The van der Waals surface area contributed by atoms with Crippen molar-refractivity contribution >= 4 is 30.9 Å². The zero-order valence-electron chi connectivity index (χ0n) is 10.8. The Labute approximate surface area is 111 Å². The lowest BCUT2D eigenvalue weighted by atomic mass is 10.4. The van der Waals surface area contributed by atoms with Gasteiger partial charge in [-0.25, -0.2) is 0 Å². The summed E-state index contributed by atoms with van der Waals surface area (Å²) in [6, 6.07) is 2.73. The summed E-state index contributed by atoms with van der Waals surface area (Å²) >= 11 is 2.55. The molecular weight excluding hydrogens is 315 g/mol. The zero-order valence-corrected chi connectivity index (χ0v) is 14.0. The Morgan fingerprint density at radius 2 is 1.53 bits per heavy atom. The minimum atomic E-state index is -1.39. The molecular formula is C12H27IOSi. The molecule has 0 N–H and O–H groups in total. The van der Waals surface area contributed by atoms with Gasteiger partial charge in [-0.1, -0.05) is 62.1 Å². The fourth-order valence-electron chi connectivity index (χ4n) is 1.91. The van der Waals surface area contributed by atoms with Crippen LogP contribution in [0.25, 0.3) is 0 Å². The van der Waals surface area contributed by atoms with Crippen LogP contribution in [0.1, 0.15) is 53.4 Å². The second kappa shape index (κ2) is 8.99. The van der Waals surface area contributed by atoms with Crippen molar-refractivity contribution in [2.45, 2.75) is 71.6 Å². The molecule has 0 heterocycles. The highest BCUT2D eigenvalue weighted by Crippen LogP contribution is 2.26. The Hall–Kier alpha value is 0.907. The average Bonchev–Trinajstić information content (AvgIpc) is 2.22. The first-order valence-electron chi connectivity index (χ1n) is 6.34. The molecule has 0 aliphatic heterocycles. The zero-order chi connectivity index (χ0) is 11.7. The molecule has 3 heteroatoms. The lowest BCUT2D eigenvalue weighted by Gasteiger charge is -2.32. The van der Waals surface area contributed by atoms with Crippen LogP contribution in [-0.4, -0.2) is 18.5 Å². The van der Waals surface area contributed by atoms with Gasteiger partial charge in [0, 0.05) is 10.2 Å². The smallest absolute Gasteiger partial charge is 0.202 e. The summed E-state index contributed by atoms with van der Waals surface area (Å²) in [5.74, 6) is 0. The van der Waals surface area contributed by atoms with Crippen LogP contribution >= 0.6 is 22.6 Å². The molecule has 0 radical (unpaired) electrons. The third-order valence-corrected chi connectivity index (χ3v) is 10.9. The van der Waals surface area contributed by atoms with E-state index in [0.29, 0.717) is 6.10 Å². The average molecular weight is 342 g/mol. The van der Waals surface area contributed by atoms with Gasteiger partial charge in [-0.3, -0.25) is 0 Å². The molecule has 0 saturated heterocycles. The maximum absolute atomic E-state index is 6.32. The van der Waals surface area contributed by atoms with Gasteiger partial charge in [-0.2, -0.15) is 0 Å². The fourth-order valence-corrected chi connectivity index (χ4v) is 8.55. The predicted octanol–water partition coefficient (Wildman–Crippen LogP) is 4.93. The molecule has 0 spiro atoms. The van der Waals surface area contributed by atoms with Crippen molar-refractivity contribution in [1.29, 1.82) is 0 Å². The Balaban J connectivity index is 4.30. The van der Waals surface area contributed by atoms with E-state index < -0.39 is 8.32 Å². The quantitative estimate of drug-likeness (QED) is 0.328. The topological polar surface area (TPSA) is 9.23 Å². The van der Waals surface area contributed by atoms with Gasteiger partial charge in [0.2, 0.25) is 8.32 Å². The van der Waals surface area contributed by atoms with Crippen molar-refractivity contribution in [3.8, 4) is 0 Å². The van der Waals surface area contributed by atoms with Crippen LogP contribution in [0.5, 0.6) is 0 Å². The molecule has 92 valence electrons. The van der Waals surface area contributed by atoms with Crippen LogP contribution in [0.15, 0.2) is 0 Å². The minimum Gasteiger partial charge on any atom is -0.414 e. The third-order valence-electron chi connectivity index (χ3n) is 2.70. The van der Waals surface area contributed by atoms with Crippen molar-refractivity contribution in [3.05, 3.63) is 0 Å². The molecule has 0 amide bonds. The second-order valence-electron chi connectivity index (χ2n) is 4.69. The van der Waals surface area contributed by atoms with E-state index in [2.05, 4.69) is 50.3 Å². The molecule has 0 unspecified atom stereocenters. The second-order valence-corrected chi connectivity index (χ2v) is 10.8. The third kappa shape index (κ3) is 6.95. The van der Waals surface area contributed by atoms with Gasteiger partial charge in [0.1, 0.15) is 0 Å². The Morgan fingerprint density at radius 1 is 1.07 bits per heavy atom. The van der Waals surface area contributed by atoms with Gasteiger partial charge in [-0.05, 0) is 25.9 Å². The highest BCUT2D eigenvalue weighted by atomic mass is 127. The van der Waals surface area contributed by atoms with Gasteiger partial charge < -0.3 is 4.43 Å². The van der Waals surface area contributed by atoms with Crippen LogP contribution in [0, 0.1) is 0 Å². The van der Waals surface area contributed by atoms with Gasteiger partial charge >= 0.3 is 0 Å². The van der Waals surface area contributed by atoms with E-state index in [0.717, 1.165) is 0 Å². The van der Waals surface area contributed by atoms with E-state index in [1.807, 2.05) is 0 Å². The lowest BCUT2D eigenvalue weighted by molar-refractivity contribution is 0.226. The molecule has 0 aromatic rings. The van der Waals surface area contributed by atoms with E-state index in [9.17, 15) is 0 Å². The molecule has 0 saturated carbocycles. The van der Waals surface area contributed by atoms with E-state index >= 15 is 0 Å². The minimum absolute atomic E-state index is 0.417. The molecule has 0 aliphatic rings. The van der Waals surface area contributed by atoms with E-state index in [1.165, 1.54) is 41.8 Å². The van der Waals surface area contributed by atoms with Crippen LogP contribution in [0.4, 0.5) is 0 Å². The SMILES string of the molecule is CCCC[Si](CI)(CCCC)OC(C)C. The van der Waals surface area contributed by atoms with Crippen LogP contribution in [0.3, 0.4) is 0 Å². The van der Waals surface area contributed by atoms with Crippen LogP contribution in [0.2, 0.25) is 12.1 Å². The highest BCUT2D eigenvalue weighted by molar-refractivity contribution is 14.1. The van der Waals surface area contributed by atoms with Gasteiger partial charge in [-0.15, -0.1) is 0 Å². The first-order chi connectivity index (χ1) is 7.10. The van der Waals surface area contributed by atoms with Crippen LogP contribution in [-0.2, 0) is 4.43 Å². The molecule has 0 aromatic heterocycles. The maximum atomic E-state index is 6.32. The summed E-state index contributed by atoms with van der Waals surface area (Å²) in [5.41, 5.74) is 0. The Bertz CT molecular complexity index is 143. The number of hydrogen-bond donors (Lipinski definition) is 0. The first-order valence-corrected chi connectivity index (χ1v) is 10.4. The van der Waals surface area contributed by atoms with Crippen LogP contribution < -0.4 is 0 Å². The fraction of sp³-hybridized carbons (Fsp3) is 1.00. The summed E-state index contributed by atoms with van der Waals surface area (Å²) in [6.45, 7) is 8.93. The summed E-state index contributed by atoms with van der Waals surface area (Å²) in [6.07, 6.45) is 5.73. The molecule has 0 bridgehead atoms. The number of halogens is 1. The largest absolute Gasteiger partial charge is 0.414 e. The maximum Gasteiger partial charge on any atom is 0.202 e. The first kappa shape index (κ1) is 15.9. The predicted molar refractivity (Wildman–Crippen MR) is 80.3 cm³/mol. The summed E-state index contributed by atoms with van der Waals surface area (Å²) < 4.78 is 7.59. The molecule has 15 heavy (non-hydrogen) atoms. The van der Waals surface area contributed by atoms with Crippen molar-refractivity contribution in [1.82, 2.24) is 0 Å². The van der Waals surface area contributed by atoms with Crippen molar-refractivity contribution in [3.63, 3.8) is 0 Å². The van der Waals surface area contributed by atoms with Gasteiger partial charge in [0.05, 0.1) is 0 Å². The molecule has 0 rings (SSSR count). The monoisotopic (exact) mass is 342 g/mol. The van der Waals surface area contributed by atoms with Crippen molar-refractivity contribution in [2.24, 2.45) is 0 Å². The lowest BCUT2D eigenvalue weighted by Crippen LogP contribution is -2.42. The summed E-state index contributed by atoms with van der Waals surface area (Å²) in [4.78, 5) is 0. The standard InChI is InChI=1S/C12H27IOSi/c1-5-7-9-15(11-13,10-8-6-2)14-12(3)4/h12H,5-11H2,1-4H3. The Kier molecular flexibility index (Phi) is 9.53. The number of unbranched alkanes of at least 4 members (excludes halogenated alkanes) is 2. The Morgan fingerprint density at radius 3 is 1.80 bits per heavy atom. The van der Waals surface area contributed by atoms with Crippen molar-refractivity contribution < 1.29 is 4.43 Å². The van der Waals surface area contributed by atoms with E-state index in [4.69, 9.17) is 4.43 Å². The molecule has 1 nitrogen and oxygen atoms in total. The summed E-state index contributed by atoms with van der Waals surface area (Å²) in [5, 5.41) is 0. The molecule has 0 aliphatic carbocycles. The summed E-state index contributed by atoms with van der Waals surface area (Å²) in [7, 11) is -1.39. The van der Waals surface area contributed by atoms with Gasteiger partial charge in [0.25, 0.3) is 0 Å². The molecule has 0 atom stereocenters. The number of rotatable bonds is 9. The van der Waals surface area contributed by atoms with Gasteiger partial charge in [0.15, 0.2) is 0 Å².